The van der Waals surface area contributed by atoms with Gasteiger partial charge in [0.05, 0.1) is 18.5 Å². The van der Waals surface area contributed by atoms with E-state index in [2.05, 4.69) is 55.8 Å². The molecule has 2 aliphatic heterocycles. The number of nitriles is 1. The van der Waals surface area contributed by atoms with E-state index in [0.717, 1.165) is 41.2 Å². The molecule has 0 amide bonds. The number of halogens is 1. The molecule has 1 aromatic carbocycles. The topological polar surface area (TPSA) is 159 Å². The van der Waals surface area contributed by atoms with Gasteiger partial charge < -0.3 is 20.5 Å². The van der Waals surface area contributed by atoms with Crippen LogP contribution in [0.5, 0.6) is 5.75 Å². The maximum Gasteiger partial charge on any atom is 0.368 e. The molecule has 0 saturated carbocycles. The van der Waals surface area contributed by atoms with Crippen LogP contribution in [0.15, 0.2) is 23.1 Å². The summed E-state index contributed by atoms with van der Waals surface area (Å²) >= 11 is 0. The minimum atomic E-state index is -1.07. The predicted octanol–water partition coefficient (Wildman–Crippen LogP) is 2.48. The van der Waals surface area contributed by atoms with E-state index >= 15 is 4.39 Å². The molecule has 5 rings (SSSR count). The third-order valence-corrected chi connectivity index (χ3v) is 7.72. The molecule has 0 spiro atoms. The number of nitrogens with one attached hydrogen (secondary N) is 2. The van der Waals surface area contributed by atoms with Crippen molar-refractivity contribution in [2.45, 2.75) is 76.6 Å². The average molecular weight is 567 g/mol. The van der Waals surface area contributed by atoms with Gasteiger partial charge in [-0.05, 0) is 76.4 Å². The molecule has 0 aliphatic carbocycles. The van der Waals surface area contributed by atoms with Gasteiger partial charge in [-0.2, -0.15) is 19.6 Å². The predicted molar refractivity (Wildman–Crippen MR) is 149 cm³/mol. The summed E-state index contributed by atoms with van der Waals surface area (Å²) in [6, 6.07) is 5.15. The SMILES string of the molecule is Cn1nnn(-c2cc(Nc3ncc(C#N)c(N[C@@H]4C[C@@H]5CCCN5C(C)(C)C4)n3)c(F)cc2OC(C)(C)CO)c1=O. The number of benzene rings is 1. The highest BCUT2D eigenvalue weighted by atomic mass is 19.1. The molecule has 2 atom stereocenters. The van der Waals surface area contributed by atoms with E-state index in [4.69, 9.17) is 4.74 Å². The highest BCUT2D eigenvalue weighted by Gasteiger charge is 2.43. The van der Waals surface area contributed by atoms with Crippen molar-refractivity contribution in [3.8, 4) is 17.5 Å². The quantitative estimate of drug-likeness (QED) is 0.368. The van der Waals surface area contributed by atoms with Gasteiger partial charge in [0.2, 0.25) is 5.95 Å². The first-order valence-electron chi connectivity index (χ1n) is 13.6. The number of fused-ring (bicyclic) bond motifs is 1. The first-order valence-corrected chi connectivity index (χ1v) is 13.6. The number of aliphatic hydroxyl groups excluding tert-OH is 1. The molecule has 0 bridgehead atoms. The van der Waals surface area contributed by atoms with Crippen molar-refractivity contribution in [2.24, 2.45) is 7.05 Å². The number of aryl methyl sites for hydroxylation is 1. The molecule has 3 N–H and O–H groups in total. The number of ether oxygens (including phenoxy) is 1. The van der Waals surface area contributed by atoms with E-state index in [1.165, 1.54) is 25.7 Å². The normalized spacial score (nSPS) is 20.3. The molecule has 41 heavy (non-hydrogen) atoms. The molecule has 4 heterocycles. The number of piperidine rings is 1. The van der Waals surface area contributed by atoms with Crippen molar-refractivity contribution in [3.05, 3.63) is 40.2 Å². The minimum absolute atomic E-state index is 0.0151. The number of aliphatic hydroxyl groups is 1. The van der Waals surface area contributed by atoms with Crippen molar-refractivity contribution < 1.29 is 14.2 Å². The molecule has 3 aromatic rings. The van der Waals surface area contributed by atoms with Crippen molar-refractivity contribution in [1.82, 2.24) is 34.7 Å². The first-order chi connectivity index (χ1) is 19.4. The van der Waals surface area contributed by atoms with E-state index in [1.54, 1.807) is 13.8 Å². The minimum Gasteiger partial charge on any atom is -0.483 e. The average Bonchev–Trinajstić information content (AvgIpc) is 3.52. The highest BCUT2D eigenvalue weighted by Crippen LogP contribution is 2.39. The summed E-state index contributed by atoms with van der Waals surface area (Å²) in [7, 11) is 1.43. The maximum atomic E-state index is 15.4. The summed E-state index contributed by atoms with van der Waals surface area (Å²) in [5, 5.41) is 33.3. The molecule has 14 heteroatoms. The largest absolute Gasteiger partial charge is 0.483 e. The molecule has 2 aliphatic rings. The van der Waals surface area contributed by atoms with Crippen LogP contribution in [0.25, 0.3) is 5.69 Å². The van der Waals surface area contributed by atoms with Crippen molar-refractivity contribution in [1.29, 1.82) is 5.26 Å². The molecular weight excluding hydrogens is 531 g/mol. The molecule has 2 fully saturated rings. The molecular formula is C27H35FN10O3. The Bertz CT molecular complexity index is 1540. The Balaban J connectivity index is 1.46. The summed E-state index contributed by atoms with van der Waals surface area (Å²) in [6.45, 7) is 8.48. The van der Waals surface area contributed by atoms with Gasteiger partial charge in [-0.25, -0.2) is 14.2 Å². The van der Waals surface area contributed by atoms with Gasteiger partial charge in [-0.15, -0.1) is 0 Å². The van der Waals surface area contributed by atoms with Gasteiger partial charge in [0, 0.05) is 30.7 Å². The summed E-state index contributed by atoms with van der Waals surface area (Å²) < 4.78 is 23.2. The van der Waals surface area contributed by atoms with Crippen LogP contribution in [0.4, 0.5) is 21.8 Å². The van der Waals surface area contributed by atoms with Gasteiger partial charge in [0.25, 0.3) is 0 Å². The van der Waals surface area contributed by atoms with Crippen LogP contribution >= 0.6 is 0 Å². The number of hydrogen-bond donors (Lipinski definition) is 3. The van der Waals surface area contributed by atoms with E-state index in [1.807, 2.05) is 0 Å². The second kappa shape index (κ2) is 10.7. The Morgan fingerprint density at radius 3 is 2.78 bits per heavy atom. The Morgan fingerprint density at radius 2 is 2.10 bits per heavy atom. The summed E-state index contributed by atoms with van der Waals surface area (Å²) in [5.41, 5.74) is -1.29. The lowest BCUT2D eigenvalue weighted by atomic mass is 9.84. The van der Waals surface area contributed by atoms with Crippen molar-refractivity contribution in [2.75, 3.05) is 23.8 Å². The number of tetrazole rings is 1. The van der Waals surface area contributed by atoms with Crippen LogP contribution in [0, 0.1) is 17.1 Å². The van der Waals surface area contributed by atoms with Gasteiger partial charge in [-0.3, -0.25) is 4.90 Å². The van der Waals surface area contributed by atoms with Crippen molar-refractivity contribution in [3.63, 3.8) is 0 Å². The fourth-order valence-corrected chi connectivity index (χ4v) is 5.75. The zero-order valence-corrected chi connectivity index (χ0v) is 23.8. The van der Waals surface area contributed by atoms with E-state index in [-0.39, 0.29) is 46.8 Å². The summed E-state index contributed by atoms with van der Waals surface area (Å²) in [5.74, 6) is -0.302. The third-order valence-electron chi connectivity index (χ3n) is 7.72. The first kappa shape index (κ1) is 28.4. The molecule has 2 aromatic heterocycles. The second-order valence-corrected chi connectivity index (χ2v) is 11.9. The maximum absolute atomic E-state index is 15.4. The second-order valence-electron chi connectivity index (χ2n) is 11.9. The number of rotatable bonds is 8. The standard InChI is InChI=1S/C27H35FN10O3/c1-26(2)12-17(9-18-7-6-8-37(18)26)31-23-16(13-29)14-30-24(33-23)32-20-11-21(38-25(40)36(5)34-35-38)22(10-19(20)28)41-27(3,4)15-39/h10-11,14,17-18,39H,6-9,12,15H2,1-5H3,(H2,30,31,32,33)/t17-,18+/m1/s1. The van der Waals surface area contributed by atoms with Gasteiger partial charge in [0.15, 0.2) is 5.82 Å². The number of hydrogen-bond acceptors (Lipinski definition) is 11. The summed E-state index contributed by atoms with van der Waals surface area (Å²) in [4.78, 5) is 24.0. The molecule has 13 nitrogen and oxygen atoms in total. The highest BCUT2D eigenvalue weighted by molar-refractivity contribution is 5.64. The van der Waals surface area contributed by atoms with Gasteiger partial charge in [-0.1, -0.05) is 0 Å². The zero-order valence-electron chi connectivity index (χ0n) is 23.8. The summed E-state index contributed by atoms with van der Waals surface area (Å²) in [6.07, 6.45) is 5.55. The van der Waals surface area contributed by atoms with Gasteiger partial charge >= 0.3 is 5.69 Å². The Labute approximate surface area is 236 Å². The number of anilines is 3. The smallest absolute Gasteiger partial charge is 0.368 e. The Kier molecular flexibility index (Phi) is 7.43. The van der Waals surface area contributed by atoms with Crippen LogP contribution in [0.3, 0.4) is 0 Å². The van der Waals surface area contributed by atoms with E-state index in [9.17, 15) is 15.2 Å². The fraction of sp³-hybridized carbons (Fsp3) is 0.556. The van der Waals surface area contributed by atoms with Crippen LogP contribution in [0.2, 0.25) is 0 Å². The molecule has 0 radical (unpaired) electrons. The lowest BCUT2D eigenvalue weighted by Gasteiger charge is -2.47. The fourth-order valence-electron chi connectivity index (χ4n) is 5.75. The lowest BCUT2D eigenvalue weighted by Crippen LogP contribution is -2.55. The van der Waals surface area contributed by atoms with Crippen LogP contribution in [-0.2, 0) is 7.05 Å². The molecule has 218 valence electrons. The number of aromatic nitrogens is 6. The van der Waals surface area contributed by atoms with Crippen LogP contribution in [-0.4, -0.2) is 76.1 Å². The van der Waals surface area contributed by atoms with Crippen molar-refractivity contribution >= 4 is 17.5 Å². The van der Waals surface area contributed by atoms with E-state index in [0.29, 0.717) is 11.9 Å². The Hall–Kier alpha value is -4.09. The monoisotopic (exact) mass is 566 g/mol. The third kappa shape index (κ3) is 5.73. The van der Waals surface area contributed by atoms with Crippen LogP contribution in [0.1, 0.15) is 58.9 Å². The number of nitrogens with zero attached hydrogens (tertiary/aromatic N) is 8. The van der Waals surface area contributed by atoms with E-state index < -0.39 is 17.1 Å². The van der Waals surface area contributed by atoms with Crippen LogP contribution < -0.4 is 21.1 Å². The zero-order chi connectivity index (χ0) is 29.5. The Morgan fingerprint density at radius 1 is 1.32 bits per heavy atom. The molecule has 2 saturated heterocycles. The molecule has 0 unspecified atom stereocenters. The van der Waals surface area contributed by atoms with Gasteiger partial charge in [0.1, 0.15) is 34.5 Å². The lowest BCUT2D eigenvalue weighted by molar-refractivity contribution is 0.0408.